The predicted molar refractivity (Wildman–Crippen MR) is 84.3 cm³/mol. The van der Waals surface area contributed by atoms with Gasteiger partial charge in [-0.25, -0.2) is 0 Å². The van der Waals surface area contributed by atoms with Crippen LogP contribution < -0.4 is 15.9 Å². The van der Waals surface area contributed by atoms with Gasteiger partial charge in [0.2, 0.25) is 17.1 Å². The van der Waals surface area contributed by atoms with Gasteiger partial charge in [0.05, 0.1) is 5.92 Å². The van der Waals surface area contributed by atoms with Crippen molar-refractivity contribution in [3.63, 3.8) is 0 Å². The first-order chi connectivity index (χ1) is 11.0. The summed E-state index contributed by atoms with van der Waals surface area (Å²) in [7, 11) is 0. The molecule has 0 aliphatic carbocycles. The van der Waals surface area contributed by atoms with Gasteiger partial charge in [-0.2, -0.15) is 5.26 Å². The normalized spacial score (nSPS) is 16.5. The topological polar surface area (TPSA) is 109 Å². The fourth-order valence-corrected chi connectivity index (χ4v) is 2.71. The summed E-state index contributed by atoms with van der Waals surface area (Å²) >= 11 is 3.35. The number of rotatable bonds is 2. The molecule has 1 unspecified atom stereocenters. The molecule has 6 nitrogen and oxygen atoms in total. The SMILES string of the molecule is N#CC1=C(N)Oc2c(oc(CO)cc2=O)C1c1ccc(Br)cc1. The Bertz CT molecular complexity index is 894. The van der Waals surface area contributed by atoms with Crippen molar-refractivity contribution in [1.29, 1.82) is 5.26 Å². The lowest BCUT2D eigenvalue weighted by molar-refractivity contribution is 0.231. The molecular weight excluding hydrogens is 364 g/mol. The molecule has 1 atom stereocenters. The van der Waals surface area contributed by atoms with E-state index in [0.29, 0.717) is 0 Å². The molecule has 1 aromatic heterocycles. The number of aliphatic hydroxyl groups is 1. The second-order valence-corrected chi connectivity index (χ2v) is 5.82. The van der Waals surface area contributed by atoms with Crippen molar-refractivity contribution < 1.29 is 14.3 Å². The molecule has 0 saturated carbocycles. The van der Waals surface area contributed by atoms with Crippen LogP contribution in [0.3, 0.4) is 0 Å². The first-order valence-electron chi connectivity index (χ1n) is 6.66. The zero-order chi connectivity index (χ0) is 16.6. The van der Waals surface area contributed by atoms with E-state index in [2.05, 4.69) is 15.9 Å². The molecule has 3 N–H and O–H groups in total. The Morgan fingerprint density at radius 2 is 2.04 bits per heavy atom. The minimum Gasteiger partial charge on any atom is -0.458 e. The molecule has 23 heavy (non-hydrogen) atoms. The number of nitrogens with two attached hydrogens (primary N) is 1. The number of benzene rings is 1. The quantitative estimate of drug-likeness (QED) is 0.832. The average Bonchev–Trinajstić information content (AvgIpc) is 2.55. The molecule has 0 amide bonds. The number of fused-ring (bicyclic) bond motifs is 1. The highest BCUT2D eigenvalue weighted by atomic mass is 79.9. The van der Waals surface area contributed by atoms with Crippen LogP contribution >= 0.6 is 15.9 Å². The molecule has 0 fully saturated rings. The Balaban J connectivity index is 2.28. The van der Waals surface area contributed by atoms with E-state index in [1.54, 1.807) is 12.1 Å². The summed E-state index contributed by atoms with van der Waals surface area (Å²) in [6.45, 7) is -0.434. The van der Waals surface area contributed by atoms with Gasteiger partial charge < -0.3 is 20.0 Å². The van der Waals surface area contributed by atoms with Crippen LogP contribution in [0.25, 0.3) is 0 Å². The predicted octanol–water partition coefficient (Wildman–Crippen LogP) is 2.11. The summed E-state index contributed by atoms with van der Waals surface area (Å²) in [5.74, 6) is -0.605. The van der Waals surface area contributed by atoms with E-state index < -0.39 is 18.0 Å². The number of nitriles is 1. The van der Waals surface area contributed by atoms with Gasteiger partial charge in [-0.1, -0.05) is 28.1 Å². The van der Waals surface area contributed by atoms with Gasteiger partial charge in [0, 0.05) is 10.5 Å². The summed E-state index contributed by atoms with van der Waals surface area (Å²) in [6.07, 6.45) is 0. The van der Waals surface area contributed by atoms with Gasteiger partial charge >= 0.3 is 0 Å². The van der Waals surface area contributed by atoms with E-state index in [9.17, 15) is 15.2 Å². The average molecular weight is 375 g/mol. The van der Waals surface area contributed by atoms with E-state index in [1.165, 1.54) is 0 Å². The molecule has 2 heterocycles. The van der Waals surface area contributed by atoms with Gasteiger partial charge in [0.25, 0.3) is 0 Å². The molecule has 0 spiro atoms. The fraction of sp³-hybridized carbons (Fsp3) is 0.125. The standard InChI is InChI=1S/C16H11BrN2O4/c17-9-3-1-8(2-4-9)13-11(6-18)16(19)23-14-12(21)5-10(7-20)22-15(13)14/h1-5,13,20H,7,19H2. The summed E-state index contributed by atoms with van der Waals surface area (Å²) in [5.41, 5.74) is 6.21. The largest absolute Gasteiger partial charge is 0.458 e. The molecule has 7 heteroatoms. The second kappa shape index (κ2) is 5.91. The van der Waals surface area contributed by atoms with Crippen LogP contribution in [0.15, 0.2) is 55.5 Å². The molecule has 0 saturated heterocycles. The number of ether oxygens (including phenoxy) is 1. The zero-order valence-corrected chi connectivity index (χ0v) is 13.3. The summed E-state index contributed by atoms with van der Waals surface area (Å²) in [4.78, 5) is 12.2. The number of nitrogens with zero attached hydrogens (tertiary/aromatic N) is 1. The number of aliphatic hydroxyl groups excluding tert-OH is 1. The van der Waals surface area contributed by atoms with Crippen molar-refractivity contribution >= 4 is 15.9 Å². The molecule has 2 aromatic rings. The Labute approximate surface area is 139 Å². The van der Waals surface area contributed by atoms with Gasteiger partial charge in [0.15, 0.2) is 5.76 Å². The number of allylic oxidation sites excluding steroid dienone is 1. The van der Waals surface area contributed by atoms with E-state index >= 15 is 0 Å². The van der Waals surface area contributed by atoms with E-state index in [4.69, 9.17) is 14.9 Å². The van der Waals surface area contributed by atoms with E-state index in [-0.39, 0.29) is 28.7 Å². The highest BCUT2D eigenvalue weighted by molar-refractivity contribution is 9.10. The molecule has 0 radical (unpaired) electrons. The Hall–Kier alpha value is -2.56. The maximum Gasteiger partial charge on any atom is 0.228 e. The van der Waals surface area contributed by atoms with Crippen LogP contribution in [0, 0.1) is 11.3 Å². The summed E-state index contributed by atoms with van der Waals surface area (Å²) in [5, 5.41) is 18.7. The first-order valence-corrected chi connectivity index (χ1v) is 7.45. The maximum atomic E-state index is 12.2. The monoisotopic (exact) mass is 374 g/mol. The van der Waals surface area contributed by atoms with Crippen molar-refractivity contribution in [3.05, 3.63) is 73.6 Å². The minimum absolute atomic E-state index is 0.0633. The molecule has 1 aliphatic rings. The van der Waals surface area contributed by atoms with Crippen LogP contribution in [0.5, 0.6) is 5.75 Å². The lowest BCUT2D eigenvalue weighted by Gasteiger charge is -2.24. The number of hydrogen-bond donors (Lipinski definition) is 2. The number of hydrogen-bond acceptors (Lipinski definition) is 6. The minimum atomic E-state index is -0.670. The van der Waals surface area contributed by atoms with Gasteiger partial charge in [0.1, 0.15) is 24.0 Å². The molecule has 1 aromatic carbocycles. The van der Waals surface area contributed by atoms with Gasteiger partial charge in [-0.15, -0.1) is 0 Å². The van der Waals surface area contributed by atoms with Gasteiger partial charge in [-0.3, -0.25) is 4.79 Å². The molecule has 3 rings (SSSR count). The summed E-state index contributed by atoms with van der Waals surface area (Å²) < 4.78 is 11.7. The van der Waals surface area contributed by atoms with E-state index in [0.717, 1.165) is 16.1 Å². The molecule has 1 aliphatic heterocycles. The fourth-order valence-electron chi connectivity index (χ4n) is 2.45. The molecule has 0 bridgehead atoms. The lowest BCUT2D eigenvalue weighted by atomic mass is 9.87. The van der Waals surface area contributed by atoms with Crippen molar-refractivity contribution in [3.8, 4) is 11.8 Å². The second-order valence-electron chi connectivity index (χ2n) is 4.90. The van der Waals surface area contributed by atoms with Crippen molar-refractivity contribution in [2.75, 3.05) is 0 Å². The van der Waals surface area contributed by atoms with Crippen LogP contribution in [0.1, 0.15) is 23.0 Å². The van der Waals surface area contributed by atoms with Crippen molar-refractivity contribution in [2.24, 2.45) is 5.73 Å². The Kier molecular flexibility index (Phi) is 3.94. The van der Waals surface area contributed by atoms with E-state index in [1.807, 2.05) is 18.2 Å². The zero-order valence-electron chi connectivity index (χ0n) is 11.7. The lowest BCUT2D eigenvalue weighted by Crippen LogP contribution is -2.25. The third-order valence-electron chi connectivity index (χ3n) is 3.49. The highest BCUT2D eigenvalue weighted by Crippen LogP contribution is 2.41. The summed E-state index contributed by atoms with van der Waals surface area (Å²) in [6, 6.07) is 10.4. The van der Waals surface area contributed by atoms with Crippen LogP contribution in [-0.4, -0.2) is 5.11 Å². The highest BCUT2D eigenvalue weighted by Gasteiger charge is 2.35. The van der Waals surface area contributed by atoms with Crippen LogP contribution in [0.4, 0.5) is 0 Å². The number of halogens is 1. The molecule has 116 valence electrons. The third-order valence-corrected chi connectivity index (χ3v) is 4.02. The Morgan fingerprint density at radius 3 is 2.65 bits per heavy atom. The first kappa shape index (κ1) is 15.3. The van der Waals surface area contributed by atoms with Crippen LogP contribution in [0.2, 0.25) is 0 Å². The van der Waals surface area contributed by atoms with Crippen molar-refractivity contribution in [1.82, 2.24) is 0 Å². The van der Waals surface area contributed by atoms with Crippen LogP contribution in [-0.2, 0) is 6.61 Å². The maximum absolute atomic E-state index is 12.2. The van der Waals surface area contributed by atoms with Crippen molar-refractivity contribution in [2.45, 2.75) is 12.5 Å². The Morgan fingerprint density at radius 1 is 1.35 bits per heavy atom. The molecular formula is C16H11BrN2O4. The third kappa shape index (κ3) is 2.63. The smallest absolute Gasteiger partial charge is 0.228 e. The van der Waals surface area contributed by atoms with Gasteiger partial charge in [-0.05, 0) is 17.7 Å².